The average molecular weight is 277 g/mol. The Morgan fingerprint density at radius 1 is 1.37 bits per heavy atom. The minimum atomic E-state index is 0.370. The van der Waals surface area contributed by atoms with Crippen LogP contribution in [-0.2, 0) is 0 Å². The molecule has 0 saturated carbocycles. The van der Waals surface area contributed by atoms with Crippen LogP contribution in [0.15, 0.2) is 11.4 Å². The number of likely N-dealkylation sites (N-methyl/N-ethyl adjacent to an activating group) is 1. The van der Waals surface area contributed by atoms with Crippen LogP contribution in [0.5, 0.6) is 0 Å². The van der Waals surface area contributed by atoms with E-state index in [0.717, 1.165) is 42.1 Å². The Morgan fingerprint density at radius 3 is 3.05 bits per heavy atom. The highest BCUT2D eigenvalue weighted by Gasteiger charge is 2.23. The largest absolute Gasteiger partial charge is 0.368 e. The summed E-state index contributed by atoms with van der Waals surface area (Å²) in [6, 6.07) is 2.53. The molecule has 0 aliphatic carbocycles. The second-order valence-electron chi connectivity index (χ2n) is 5.20. The minimum Gasteiger partial charge on any atom is -0.368 e. The summed E-state index contributed by atoms with van der Waals surface area (Å²) in [5.74, 6) is 1.36. The van der Waals surface area contributed by atoms with Crippen molar-refractivity contribution >= 4 is 33.3 Å². The van der Waals surface area contributed by atoms with Crippen molar-refractivity contribution in [2.45, 2.75) is 19.4 Å². The van der Waals surface area contributed by atoms with Gasteiger partial charge >= 0.3 is 0 Å². The van der Waals surface area contributed by atoms with Gasteiger partial charge in [-0.15, -0.1) is 11.3 Å². The molecule has 0 spiro atoms. The molecule has 19 heavy (non-hydrogen) atoms. The van der Waals surface area contributed by atoms with Crippen LogP contribution < -0.4 is 10.6 Å². The summed E-state index contributed by atoms with van der Waals surface area (Å²) in [6.07, 6.45) is 1.15. The Kier molecular flexibility index (Phi) is 3.28. The molecule has 0 radical (unpaired) electrons. The fraction of sp³-hybridized carbons (Fsp3) is 0.538. The first kappa shape index (κ1) is 12.6. The monoisotopic (exact) mass is 277 g/mol. The van der Waals surface area contributed by atoms with Gasteiger partial charge in [-0.2, -0.15) is 4.98 Å². The second-order valence-corrected chi connectivity index (χ2v) is 6.10. The van der Waals surface area contributed by atoms with Crippen LogP contribution in [0.4, 0.5) is 11.8 Å². The van der Waals surface area contributed by atoms with E-state index in [1.54, 1.807) is 11.3 Å². The van der Waals surface area contributed by atoms with Gasteiger partial charge in [0.25, 0.3) is 0 Å². The van der Waals surface area contributed by atoms with Crippen molar-refractivity contribution in [3.05, 3.63) is 11.4 Å². The predicted octanol–water partition coefficient (Wildman–Crippen LogP) is 1.80. The molecule has 0 aromatic carbocycles. The van der Waals surface area contributed by atoms with Crippen LogP contribution in [0, 0.1) is 0 Å². The van der Waals surface area contributed by atoms with Crippen LogP contribution in [-0.4, -0.2) is 47.6 Å². The van der Waals surface area contributed by atoms with E-state index in [2.05, 4.69) is 45.2 Å². The van der Waals surface area contributed by atoms with Crippen molar-refractivity contribution in [3.63, 3.8) is 0 Å². The topological polar surface area (TPSA) is 58.3 Å². The van der Waals surface area contributed by atoms with Crippen LogP contribution in [0.3, 0.4) is 0 Å². The summed E-state index contributed by atoms with van der Waals surface area (Å²) in [7, 11) is 2.18. The average Bonchev–Trinajstić information content (AvgIpc) is 2.74. The summed E-state index contributed by atoms with van der Waals surface area (Å²) >= 11 is 1.62. The van der Waals surface area contributed by atoms with E-state index in [1.165, 1.54) is 0 Å². The fourth-order valence-corrected chi connectivity index (χ4v) is 3.53. The molecular formula is C13H19N5S. The minimum absolute atomic E-state index is 0.370. The summed E-state index contributed by atoms with van der Waals surface area (Å²) in [6.45, 7) is 5.45. The molecule has 102 valence electrons. The van der Waals surface area contributed by atoms with Crippen LogP contribution in [0.25, 0.3) is 10.2 Å². The molecule has 2 N–H and O–H groups in total. The maximum absolute atomic E-state index is 5.85. The molecule has 2 aromatic rings. The van der Waals surface area contributed by atoms with E-state index in [-0.39, 0.29) is 0 Å². The van der Waals surface area contributed by atoms with Crippen molar-refractivity contribution in [2.75, 3.05) is 37.3 Å². The van der Waals surface area contributed by atoms with Gasteiger partial charge in [-0.3, -0.25) is 0 Å². The summed E-state index contributed by atoms with van der Waals surface area (Å²) in [5.41, 5.74) is 5.85. The zero-order valence-electron chi connectivity index (χ0n) is 11.3. The van der Waals surface area contributed by atoms with Gasteiger partial charge in [0.1, 0.15) is 10.6 Å². The van der Waals surface area contributed by atoms with E-state index in [0.29, 0.717) is 12.0 Å². The molecule has 1 saturated heterocycles. The molecule has 3 heterocycles. The number of thiophene rings is 1. The van der Waals surface area contributed by atoms with Gasteiger partial charge in [-0.1, -0.05) is 0 Å². The third-order valence-corrected chi connectivity index (χ3v) is 4.45. The van der Waals surface area contributed by atoms with E-state index in [9.17, 15) is 0 Å². The third kappa shape index (κ3) is 2.37. The van der Waals surface area contributed by atoms with Crippen molar-refractivity contribution in [1.82, 2.24) is 14.9 Å². The van der Waals surface area contributed by atoms with Crippen molar-refractivity contribution < 1.29 is 0 Å². The van der Waals surface area contributed by atoms with Crippen molar-refractivity contribution in [2.24, 2.45) is 0 Å². The molecule has 1 aliphatic heterocycles. The number of anilines is 2. The fourth-order valence-electron chi connectivity index (χ4n) is 2.76. The smallest absolute Gasteiger partial charge is 0.223 e. The summed E-state index contributed by atoms with van der Waals surface area (Å²) < 4.78 is 0. The summed E-state index contributed by atoms with van der Waals surface area (Å²) in [4.78, 5) is 14.5. The van der Waals surface area contributed by atoms with Crippen LogP contribution >= 0.6 is 11.3 Å². The predicted molar refractivity (Wildman–Crippen MR) is 80.7 cm³/mol. The van der Waals surface area contributed by atoms with Crippen LogP contribution in [0.1, 0.15) is 13.3 Å². The first-order chi connectivity index (χ1) is 9.15. The molecule has 6 heteroatoms. The number of rotatable bonds is 1. The Balaban J connectivity index is 2.04. The molecule has 5 nitrogen and oxygen atoms in total. The molecular weight excluding hydrogens is 258 g/mol. The van der Waals surface area contributed by atoms with Gasteiger partial charge in [0.05, 0.1) is 5.39 Å². The van der Waals surface area contributed by atoms with Gasteiger partial charge < -0.3 is 15.5 Å². The quantitative estimate of drug-likeness (QED) is 0.861. The zero-order valence-corrected chi connectivity index (χ0v) is 12.2. The Morgan fingerprint density at radius 2 is 2.21 bits per heavy atom. The van der Waals surface area contributed by atoms with Gasteiger partial charge in [0.15, 0.2) is 0 Å². The lowest BCUT2D eigenvalue weighted by Crippen LogP contribution is -2.38. The first-order valence-corrected chi connectivity index (χ1v) is 7.49. The third-order valence-electron chi connectivity index (χ3n) is 3.64. The highest BCUT2D eigenvalue weighted by atomic mass is 32.1. The number of nitrogen functional groups attached to an aromatic ring is 1. The number of hydrogen-bond donors (Lipinski definition) is 1. The maximum atomic E-state index is 5.85. The molecule has 3 rings (SSSR count). The molecule has 0 bridgehead atoms. The Hall–Kier alpha value is -1.40. The number of fused-ring (bicyclic) bond motifs is 1. The SMILES string of the molecule is CC1CN(C)CCCN1c1nc(N)nc2sccc12. The standard InChI is InChI=1S/C13H19N5S/c1-9-8-17(2)5-3-6-18(9)11-10-4-7-19-12(10)16-13(14)15-11/h4,7,9H,3,5-6,8H2,1-2H3,(H2,14,15,16). The van der Waals surface area contributed by atoms with Gasteiger partial charge in [0.2, 0.25) is 5.95 Å². The lowest BCUT2D eigenvalue weighted by molar-refractivity contribution is 0.337. The second kappa shape index (κ2) is 4.94. The maximum Gasteiger partial charge on any atom is 0.223 e. The number of nitrogens with zero attached hydrogens (tertiary/aromatic N) is 4. The normalized spacial score (nSPS) is 21.8. The highest BCUT2D eigenvalue weighted by Crippen LogP contribution is 2.30. The number of aromatic nitrogens is 2. The lowest BCUT2D eigenvalue weighted by atomic mass is 10.2. The Labute approximate surface area is 117 Å². The molecule has 0 amide bonds. The van der Waals surface area contributed by atoms with E-state index in [1.807, 2.05) is 0 Å². The van der Waals surface area contributed by atoms with Crippen LogP contribution in [0.2, 0.25) is 0 Å². The molecule has 1 aliphatic rings. The molecule has 1 fully saturated rings. The molecule has 1 unspecified atom stereocenters. The molecule has 1 atom stereocenters. The van der Waals surface area contributed by atoms with Crippen molar-refractivity contribution in [3.8, 4) is 0 Å². The number of hydrogen-bond acceptors (Lipinski definition) is 6. The Bertz CT molecular complexity index is 581. The van der Waals surface area contributed by atoms with Crippen molar-refractivity contribution in [1.29, 1.82) is 0 Å². The zero-order chi connectivity index (χ0) is 13.4. The lowest BCUT2D eigenvalue weighted by Gasteiger charge is -2.29. The van der Waals surface area contributed by atoms with E-state index < -0.39 is 0 Å². The van der Waals surface area contributed by atoms with Gasteiger partial charge in [-0.25, -0.2) is 4.98 Å². The molecule has 2 aromatic heterocycles. The van der Waals surface area contributed by atoms with E-state index in [4.69, 9.17) is 5.73 Å². The van der Waals surface area contributed by atoms with Gasteiger partial charge in [-0.05, 0) is 38.4 Å². The summed E-state index contributed by atoms with van der Waals surface area (Å²) in [5, 5.41) is 3.17. The van der Waals surface area contributed by atoms with E-state index >= 15 is 0 Å². The van der Waals surface area contributed by atoms with Gasteiger partial charge in [0, 0.05) is 19.1 Å². The first-order valence-electron chi connectivity index (χ1n) is 6.61. The number of nitrogens with two attached hydrogens (primary N) is 1. The highest BCUT2D eigenvalue weighted by molar-refractivity contribution is 7.16.